The van der Waals surface area contributed by atoms with Crippen LogP contribution in [0, 0.1) is 0 Å². The topological polar surface area (TPSA) is 67.2 Å². The largest absolute Gasteiger partial charge is 0.497 e. The van der Waals surface area contributed by atoms with Crippen molar-refractivity contribution in [1.29, 1.82) is 0 Å². The molecule has 0 amide bonds. The SMILES string of the molecule is CCOC(=O)c1ccc2c(c1)N(CC)C(=CC=c1sc(=CC3Sc4ccc(OC)cc4N3CC)n(CC)c1=O)N2CC. The Morgan fingerprint density at radius 2 is 1.67 bits per heavy atom. The van der Waals surface area contributed by atoms with Crippen LogP contribution in [0.3, 0.4) is 0 Å². The Labute approximate surface area is 255 Å². The molecule has 3 heterocycles. The number of anilines is 3. The Kier molecular flexibility index (Phi) is 9.03. The number of rotatable bonds is 9. The molecule has 0 spiro atoms. The molecule has 5 rings (SSSR count). The van der Waals surface area contributed by atoms with Crippen LogP contribution < -0.4 is 34.2 Å². The summed E-state index contributed by atoms with van der Waals surface area (Å²) in [6.45, 7) is 13.4. The maximum absolute atomic E-state index is 13.5. The highest BCUT2D eigenvalue weighted by Gasteiger charge is 2.31. The van der Waals surface area contributed by atoms with Crippen LogP contribution in [0.5, 0.6) is 5.75 Å². The van der Waals surface area contributed by atoms with E-state index >= 15 is 0 Å². The molecule has 1 atom stereocenters. The van der Waals surface area contributed by atoms with Crippen molar-refractivity contribution in [1.82, 2.24) is 4.57 Å². The van der Waals surface area contributed by atoms with Crippen LogP contribution in [0.2, 0.25) is 0 Å². The van der Waals surface area contributed by atoms with E-state index in [0.29, 0.717) is 23.2 Å². The van der Waals surface area contributed by atoms with Crippen molar-refractivity contribution in [2.24, 2.45) is 0 Å². The summed E-state index contributed by atoms with van der Waals surface area (Å²) in [6.07, 6.45) is 6.17. The summed E-state index contributed by atoms with van der Waals surface area (Å²) in [4.78, 5) is 33.9. The van der Waals surface area contributed by atoms with Gasteiger partial charge < -0.3 is 24.2 Å². The standard InChI is InChI=1S/C32H38N4O4S2/c1-7-33-23-14-12-21(32(38)40-11-5)18-24(23)34(8-2)28(33)17-16-27-31(37)36(10-4)30(42-27)20-29-35(9-3)25-19-22(39-6)13-15-26(25)41-29/h12-20,29H,7-11H2,1-6H3. The second kappa shape index (κ2) is 12.7. The third kappa shape index (κ3) is 5.33. The molecule has 2 aliphatic heterocycles. The fraction of sp³-hybridized carbons (Fsp3) is 0.375. The summed E-state index contributed by atoms with van der Waals surface area (Å²) in [6, 6.07) is 11.9. The quantitative estimate of drug-likeness (QED) is 0.321. The number of allylic oxidation sites excluding steroid dienone is 1. The molecule has 2 aromatic carbocycles. The van der Waals surface area contributed by atoms with Crippen LogP contribution in [-0.2, 0) is 11.3 Å². The number of aromatic nitrogens is 1. The van der Waals surface area contributed by atoms with Gasteiger partial charge in [-0.1, -0.05) is 11.8 Å². The highest BCUT2D eigenvalue weighted by molar-refractivity contribution is 8.00. The fourth-order valence-corrected chi connectivity index (χ4v) is 8.00. The monoisotopic (exact) mass is 606 g/mol. The van der Waals surface area contributed by atoms with E-state index in [4.69, 9.17) is 9.47 Å². The first kappa shape index (κ1) is 29.8. The number of nitrogens with zero attached hydrogens (tertiary/aromatic N) is 4. The second-order valence-corrected chi connectivity index (χ2v) is 12.0. The smallest absolute Gasteiger partial charge is 0.338 e. The van der Waals surface area contributed by atoms with Gasteiger partial charge in [0.15, 0.2) is 0 Å². The van der Waals surface area contributed by atoms with E-state index in [9.17, 15) is 9.59 Å². The van der Waals surface area contributed by atoms with E-state index in [0.717, 1.165) is 52.9 Å². The minimum atomic E-state index is -0.324. The third-order valence-corrected chi connectivity index (χ3v) is 9.87. The van der Waals surface area contributed by atoms with E-state index in [2.05, 4.69) is 53.7 Å². The minimum Gasteiger partial charge on any atom is -0.497 e. The van der Waals surface area contributed by atoms with Crippen molar-refractivity contribution in [3.05, 3.63) is 73.4 Å². The van der Waals surface area contributed by atoms with Gasteiger partial charge in [-0.15, -0.1) is 11.3 Å². The van der Waals surface area contributed by atoms with Crippen LogP contribution in [0.4, 0.5) is 17.1 Å². The lowest BCUT2D eigenvalue weighted by Crippen LogP contribution is -2.33. The zero-order valence-corrected chi connectivity index (χ0v) is 26.7. The van der Waals surface area contributed by atoms with E-state index in [-0.39, 0.29) is 16.9 Å². The maximum Gasteiger partial charge on any atom is 0.338 e. The van der Waals surface area contributed by atoms with Crippen molar-refractivity contribution in [3.8, 4) is 5.75 Å². The Balaban J connectivity index is 1.53. The summed E-state index contributed by atoms with van der Waals surface area (Å²) in [5.41, 5.74) is 3.71. The van der Waals surface area contributed by atoms with Gasteiger partial charge in [0.1, 0.15) is 16.9 Å². The number of hydrogen-bond acceptors (Lipinski definition) is 9. The van der Waals surface area contributed by atoms with Gasteiger partial charge in [-0.3, -0.25) is 9.36 Å². The molecular weight excluding hydrogens is 569 g/mol. The van der Waals surface area contributed by atoms with Gasteiger partial charge in [0.2, 0.25) is 0 Å². The van der Waals surface area contributed by atoms with Gasteiger partial charge in [0.25, 0.3) is 5.56 Å². The molecule has 1 unspecified atom stereocenters. The van der Waals surface area contributed by atoms with Gasteiger partial charge >= 0.3 is 5.97 Å². The molecule has 0 aliphatic carbocycles. The molecule has 1 aromatic heterocycles. The van der Waals surface area contributed by atoms with Gasteiger partial charge in [0.05, 0.1) is 45.5 Å². The Hall–Kier alpha value is -3.63. The molecule has 0 bridgehead atoms. The summed E-state index contributed by atoms with van der Waals surface area (Å²) in [5.74, 6) is 1.49. The zero-order valence-electron chi connectivity index (χ0n) is 25.0. The molecule has 0 radical (unpaired) electrons. The summed E-state index contributed by atoms with van der Waals surface area (Å²) in [5, 5.41) is 0.0863. The normalized spacial score (nSPS) is 17.8. The zero-order chi connectivity index (χ0) is 30.0. The fourth-order valence-electron chi connectivity index (χ4n) is 5.55. The molecule has 10 heteroatoms. The number of carbonyl (C=O) groups is 1. The highest BCUT2D eigenvalue weighted by atomic mass is 32.2. The number of esters is 1. The van der Waals surface area contributed by atoms with E-state index < -0.39 is 0 Å². The van der Waals surface area contributed by atoms with Gasteiger partial charge in [-0.25, -0.2) is 4.79 Å². The minimum absolute atomic E-state index is 0.0158. The Morgan fingerprint density at radius 3 is 2.33 bits per heavy atom. The van der Waals surface area contributed by atoms with Crippen LogP contribution in [0.25, 0.3) is 12.2 Å². The molecule has 0 saturated carbocycles. The lowest BCUT2D eigenvalue weighted by atomic mass is 10.1. The van der Waals surface area contributed by atoms with Gasteiger partial charge in [0, 0.05) is 37.1 Å². The molecule has 8 nitrogen and oxygen atoms in total. The predicted molar refractivity (Wildman–Crippen MR) is 175 cm³/mol. The number of thioether (sulfide) groups is 1. The molecule has 2 aliphatic rings. The third-order valence-electron chi connectivity index (χ3n) is 7.55. The molecule has 0 fully saturated rings. The molecular formula is C32H38N4O4S2. The lowest BCUT2D eigenvalue weighted by molar-refractivity contribution is 0.0526. The van der Waals surface area contributed by atoms with E-state index in [1.807, 2.05) is 54.8 Å². The first-order valence-electron chi connectivity index (χ1n) is 14.5. The molecule has 3 aromatic rings. The molecule has 42 heavy (non-hydrogen) atoms. The van der Waals surface area contributed by atoms with Crippen molar-refractivity contribution >= 4 is 58.3 Å². The second-order valence-electron chi connectivity index (χ2n) is 9.75. The number of methoxy groups -OCH3 is 1. The van der Waals surface area contributed by atoms with Crippen LogP contribution in [0.15, 0.2) is 58.0 Å². The number of ether oxygens (including phenoxy) is 2. The average Bonchev–Trinajstić information content (AvgIpc) is 3.62. The van der Waals surface area contributed by atoms with Crippen molar-refractivity contribution in [3.63, 3.8) is 0 Å². The van der Waals surface area contributed by atoms with Crippen LogP contribution >= 0.6 is 23.1 Å². The lowest BCUT2D eigenvalue weighted by Gasteiger charge is -2.23. The Bertz CT molecular complexity index is 1690. The molecule has 0 saturated heterocycles. The van der Waals surface area contributed by atoms with Crippen LogP contribution in [-0.4, -0.2) is 49.3 Å². The summed E-state index contributed by atoms with van der Waals surface area (Å²) in [7, 11) is 1.69. The number of benzene rings is 2. The highest BCUT2D eigenvalue weighted by Crippen LogP contribution is 2.45. The van der Waals surface area contributed by atoms with E-state index in [1.54, 1.807) is 18.9 Å². The average molecular weight is 607 g/mol. The number of thiazole rings is 1. The van der Waals surface area contributed by atoms with Crippen molar-refractivity contribution in [2.45, 2.75) is 51.4 Å². The summed E-state index contributed by atoms with van der Waals surface area (Å²) < 4.78 is 14.2. The Morgan fingerprint density at radius 1 is 0.905 bits per heavy atom. The van der Waals surface area contributed by atoms with Gasteiger partial charge in [-0.05, 0) is 83.2 Å². The van der Waals surface area contributed by atoms with E-state index in [1.165, 1.54) is 16.2 Å². The van der Waals surface area contributed by atoms with Crippen LogP contribution in [0.1, 0.15) is 45.0 Å². The number of hydrogen-bond donors (Lipinski definition) is 0. The van der Waals surface area contributed by atoms with Gasteiger partial charge in [-0.2, -0.15) is 0 Å². The number of carbonyl (C=O) groups excluding carboxylic acids is 1. The first-order valence-corrected chi connectivity index (χ1v) is 16.2. The van der Waals surface area contributed by atoms with Crippen molar-refractivity contribution < 1.29 is 14.3 Å². The number of fused-ring (bicyclic) bond motifs is 2. The predicted octanol–water partition coefficient (Wildman–Crippen LogP) is 4.84. The van der Waals surface area contributed by atoms with Crippen molar-refractivity contribution in [2.75, 3.05) is 48.1 Å². The maximum atomic E-state index is 13.5. The molecule has 0 N–H and O–H groups in total. The summed E-state index contributed by atoms with van der Waals surface area (Å²) >= 11 is 3.32. The first-order chi connectivity index (χ1) is 20.4. The molecule has 222 valence electrons.